The number of carboxylic acid groups (broad SMARTS) is 1. The molecule has 5 nitrogen and oxygen atoms in total. The molecule has 1 aliphatic rings. The number of carbonyl (C=O) groups excluding carboxylic acids is 1. The fraction of sp³-hybridized carbons (Fsp3) is 0.111. The van der Waals surface area contributed by atoms with Gasteiger partial charge in [0.15, 0.2) is 0 Å². The average molecular weight is 259 g/mol. The molecule has 1 aromatic carbocycles. The standard InChI is InChI=1S/C9H4Cl2N2O3/c10-4-2-1-3-6(5(4)11)12-13-7(8(3)14)9(15)16/h1-2,7H,(H,15,16). The van der Waals surface area contributed by atoms with Gasteiger partial charge in [0, 0.05) is 5.56 Å². The SMILES string of the molecule is O=C(O)C1N=Nc2c(ccc(Cl)c2Cl)C1=O. The van der Waals surface area contributed by atoms with E-state index < -0.39 is 17.8 Å². The minimum Gasteiger partial charge on any atom is -0.479 e. The number of rotatable bonds is 1. The summed E-state index contributed by atoms with van der Waals surface area (Å²) in [5.74, 6) is -1.98. The summed E-state index contributed by atoms with van der Waals surface area (Å²) >= 11 is 11.5. The van der Waals surface area contributed by atoms with E-state index in [1.807, 2.05) is 0 Å². The van der Waals surface area contributed by atoms with E-state index in [1.54, 1.807) is 0 Å². The lowest BCUT2D eigenvalue weighted by Gasteiger charge is -2.14. The van der Waals surface area contributed by atoms with Crippen LogP contribution in [0.25, 0.3) is 0 Å². The maximum absolute atomic E-state index is 11.7. The van der Waals surface area contributed by atoms with Gasteiger partial charge in [0.25, 0.3) is 0 Å². The first kappa shape index (κ1) is 11.0. The predicted molar refractivity (Wildman–Crippen MR) is 56.7 cm³/mol. The van der Waals surface area contributed by atoms with Crippen LogP contribution in [0.5, 0.6) is 0 Å². The summed E-state index contributed by atoms with van der Waals surface area (Å²) in [5.41, 5.74) is 0.244. The Bertz CT molecular complexity index is 528. The van der Waals surface area contributed by atoms with Crippen LogP contribution in [0.4, 0.5) is 5.69 Å². The third kappa shape index (κ3) is 1.58. The number of hydrogen-bond donors (Lipinski definition) is 1. The van der Waals surface area contributed by atoms with Crippen molar-refractivity contribution in [3.63, 3.8) is 0 Å². The number of benzene rings is 1. The van der Waals surface area contributed by atoms with E-state index in [1.165, 1.54) is 12.1 Å². The van der Waals surface area contributed by atoms with Crippen LogP contribution in [0.15, 0.2) is 22.4 Å². The van der Waals surface area contributed by atoms with Gasteiger partial charge in [-0.05, 0) is 12.1 Å². The Kier molecular flexibility index (Phi) is 2.65. The molecule has 1 N–H and O–H groups in total. The predicted octanol–water partition coefficient (Wildman–Crippen LogP) is 2.73. The monoisotopic (exact) mass is 258 g/mol. The first-order valence-electron chi connectivity index (χ1n) is 4.18. The molecular weight excluding hydrogens is 255 g/mol. The van der Waals surface area contributed by atoms with Crippen LogP contribution >= 0.6 is 23.2 Å². The number of hydrogen-bond acceptors (Lipinski definition) is 4. The lowest BCUT2D eigenvalue weighted by atomic mass is 10.0. The number of aliphatic carboxylic acids is 1. The van der Waals surface area contributed by atoms with E-state index in [0.29, 0.717) is 0 Å². The van der Waals surface area contributed by atoms with Gasteiger partial charge in [-0.1, -0.05) is 23.2 Å². The van der Waals surface area contributed by atoms with Gasteiger partial charge in [-0.15, -0.1) is 0 Å². The summed E-state index contributed by atoms with van der Waals surface area (Å²) in [4.78, 5) is 22.4. The van der Waals surface area contributed by atoms with Crippen molar-refractivity contribution < 1.29 is 14.7 Å². The molecule has 0 saturated heterocycles. The van der Waals surface area contributed by atoms with Crippen LogP contribution < -0.4 is 0 Å². The maximum atomic E-state index is 11.7. The van der Waals surface area contributed by atoms with Crippen LogP contribution in [0.2, 0.25) is 10.0 Å². The lowest BCUT2D eigenvalue weighted by Crippen LogP contribution is -2.29. The molecule has 0 radical (unpaired) electrons. The van der Waals surface area contributed by atoms with Gasteiger partial charge in [-0.2, -0.15) is 10.2 Å². The highest BCUT2D eigenvalue weighted by molar-refractivity contribution is 6.44. The van der Waals surface area contributed by atoms with E-state index >= 15 is 0 Å². The summed E-state index contributed by atoms with van der Waals surface area (Å²) in [6.07, 6.45) is 0. The van der Waals surface area contributed by atoms with E-state index in [9.17, 15) is 9.59 Å². The lowest BCUT2D eigenvalue weighted by molar-refractivity contribution is -0.137. The molecule has 1 unspecified atom stereocenters. The summed E-state index contributed by atoms with van der Waals surface area (Å²) in [7, 11) is 0. The summed E-state index contributed by atoms with van der Waals surface area (Å²) in [5, 5.41) is 16.1. The van der Waals surface area contributed by atoms with Gasteiger partial charge >= 0.3 is 5.97 Å². The minimum absolute atomic E-state index is 0.0973. The summed E-state index contributed by atoms with van der Waals surface area (Å²) in [6, 6.07) is 1.31. The number of fused-ring (bicyclic) bond motifs is 1. The Balaban J connectivity index is 2.59. The molecule has 1 atom stereocenters. The minimum atomic E-state index is -1.50. The van der Waals surface area contributed by atoms with E-state index in [0.717, 1.165) is 0 Å². The second kappa shape index (κ2) is 3.84. The Morgan fingerprint density at radius 1 is 1.38 bits per heavy atom. The second-order valence-corrected chi connectivity index (χ2v) is 3.86. The quantitative estimate of drug-likeness (QED) is 0.787. The molecule has 0 aromatic heterocycles. The Morgan fingerprint density at radius 3 is 2.69 bits per heavy atom. The third-order valence-electron chi connectivity index (χ3n) is 2.09. The average Bonchev–Trinajstić information content (AvgIpc) is 2.23. The molecule has 0 fully saturated rings. The topological polar surface area (TPSA) is 79.1 Å². The van der Waals surface area contributed by atoms with Crippen LogP contribution in [0, 0.1) is 0 Å². The zero-order valence-electron chi connectivity index (χ0n) is 7.65. The smallest absolute Gasteiger partial charge is 0.338 e. The fourth-order valence-corrected chi connectivity index (χ4v) is 1.67. The van der Waals surface area contributed by atoms with Crippen molar-refractivity contribution in [1.82, 2.24) is 0 Å². The number of nitrogens with zero attached hydrogens (tertiary/aromatic N) is 2. The van der Waals surface area contributed by atoms with Crippen molar-refractivity contribution in [2.45, 2.75) is 6.04 Å². The highest BCUT2D eigenvalue weighted by atomic mass is 35.5. The number of carbonyl (C=O) groups is 2. The van der Waals surface area contributed by atoms with Crippen molar-refractivity contribution in [3.05, 3.63) is 27.7 Å². The molecule has 1 heterocycles. The van der Waals surface area contributed by atoms with Gasteiger partial charge in [0.2, 0.25) is 11.8 Å². The Hall–Kier alpha value is -1.46. The molecule has 0 saturated carbocycles. The van der Waals surface area contributed by atoms with Crippen molar-refractivity contribution in [2.75, 3.05) is 0 Å². The van der Waals surface area contributed by atoms with Crippen molar-refractivity contribution >= 4 is 40.6 Å². The number of carboxylic acids is 1. The van der Waals surface area contributed by atoms with E-state index in [2.05, 4.69) is 10.2 Å². The molecule has 0 aliphatic carbocycles. The van der Waals surface area contributed by atoms with Crippen LogP contribution in [-0.2, 0) is 4.79 Å². The van der Waals surface area contributed by atoms with E-state index in [-0.39, 0.29) is 21.3 Å². The first-order chi connectivity index (χ1) is 7.52. The molecule has 2 rings (SSSR count). The molecule has 16 heavy (non-hydrogen) atoms. The molecule has 1 aromatic rings. The van der Waals surface area contributed by atoms with Crippen LogP contribution in [-0.4, -0.2) is 22.9 Å². The molecule has 1 aliphatic heterocycles. The van der Waals surface area contributed by atoms with Crippen LogP contribution in [0.3, 0.4) is 0 Å². The maximum Gasteiger partial charge on any atom is 0.338 e. The molecule has 0 spiro atoms. The molecular formula is C9H4Cl2N2O3. The van der Waals surface area contributed by atoms with Gasteiger partial charge < -0.3 is 5.11 Å². The normalized spacial score (nSPS) is 18.4. The van der Waals surface area contributed by atoms with Crippen LogP contribution in [0.1, 0.15) is 10.4 Å². The zero-order chi connectivity index (χ0) is 11.9. The van der Waals surface area contributed by atoms with Gasteiger partial charge in [0.1, 0.15) is 5.69 Å². The Labute approximate surface area is 99.7 Å². The first-order valence-corrected chi connectivity index (χ1v) is 4.94. The van der Waals surface area contributed by atoms with E-state index in [4.69, 9.17) is 28.3 Å². The van der Waals surface area contributed by atoms with Gasteiger partial charge in [0.05, 0.1) is 10.0 Å². The highest BCUT2D eigenvalue weighted by Gasteiger charge is 2.33. The third-order valence-corrected chi connectivity index (χ3v) is 2.88. The molecule has 0 bridgehead atoms. The van der Waals surface area contributed by atoms with Crippen molar-refractivity contribution in [2.24, 2.45) is 10.2 Å². The van der Waals surface area contributed by atoms with Crippen molar-refractivity contribution in [1.29, 1.82) is 0 Å². The molecule has 0 amide bonds. The zero-order valence-corrected chi connectivity index (χ0v) is 9.16. The summed E-state index contributed by atoms with van der Waals surface area (Å²) < 4.78 is 0. The fourth-order valence-electron chi connectivity index (χ4n) is 1.31. The largest absolute Gasteiger partial charge is 0.479 e. The summed E-state index contributed by atoms with van der Waals surface area (Å²) in [6.45, 7) is 0. The number of ketones is 1. The van der Waals surface area contributed by atoms with Gasteiger partial charge in [-0.3, -0.25) is 4.79 Å². The molecule has 82 valence electrons. The number of halogens is 2. The Morgan fingerprint density at radius 2 is 2.06 bits per heavy atom. The molecule has 7 heteroatoms. The highest BCUT2D eigenvalue weighted by Crippen LogP contribution is 2.38. The second-order valence-electron chi connectivity index (χ2n) is 3.08. The number of Topliss-reactive ketones (excluding diaryl/α,β-unsaturated/α-hetero) is 1. The number of azo groups is 1. The van der Waals surface area contributed by atoms with Crippen molar-refractivity contribution in [3.8, 4) is 0 Å². The van der Waals surface area contributed by atoms with Gasteiger partial charge in [-0.25, -0.2) is 4.79 Å².